The van der Waals surface area contributed by atoms with Crippen molar-refractivity contribution in [1.82, 2.24) is 9.97 Å². The molecule has 0 radical (unpaired) electrons. The molecule has 0 aliphatic heterocycles. The molecule has 0 amide bonds. The van der Waals surface area contributed by atoms with Crippen molar-refractivity contribution in [2.75, 3.05) is 30.0 Å². The lowest BCUT2D eigenvalue weighted by Crippen LogP contribution is -2.32. The van der Waals surface area contributed by atoms with Crippen molar-refractivity contribution < 1.29 is 9.53 Å². The van der Waals surface area contributed by atoms with E-state index in [1.807, 2.05) is 13.8 Å². The Hall–Kier alpha value is -2.05. The van der Waals surface area contributed by atoms with Gasteiger partial charge in [0.2, 0.25) is 5.95 Å². The summed E-state index contributed by atoms with van der Waals surface area (Å²) in [5.41, 5.74) is 5.70. The topological polar surface area (TPSA) is 102 Å². The standard InChI is InChI=1S/C14H25N5O2/c1-5-6-16-11-8-12(19-14(15)18-11)17-10(7-9(2)3)13(20)21-4/h8-10H,5-7H2,1-4H3,(H4,15,16,17,18,19). The second-order valence-electron chi connectivity index (χ2n) is 5.27. The number of anilines is 3. The number of esters is 1. The first-order valence-electron chi connectivity index (χ1n) is 7.19. The van der Waals surface area contributed by atoms with E-state index >= 15 is 0 Å². The van der Waals surface area contributed by atoms with Crippen molar-refractivity contribution in [3.63, 3.8) is 0 Å². The van der Waals surface area contributed by atoms with E-state index < -0.39 is 6.04 Å². The molecule has 1 rings (SSSR count). The largest absolute Gasteiger partial charge is 0.467 e. The molecule has 118 valence electrons. The normalized spacial score (nSPS) is 12.0. The summed E-state index contributed by atoms with van der Waals surface area (Å²) in [6, 6.07) is 1.28. The van der Waals surface area contributed by atoms with Crippen LogP contribution in [-0.4, -0.2) is 35.6 Å². The number of nitrogen functional groups attached to an aromatic ring is 1. The van der Waals surface area contributed by atoms with E-state index in [1.54, 1.807) is 6.07 Å². The molecule has 7 nitrogen and oxygen atoms in total. The van der Waals surface area contributed by atoms with E-state index in [0.717, 1.165) is 13.0 Å². The van der Waals surface area contributed by atoms with Gasteiger partial charge in [-0.3, -0.25) is 0 Å². The first kappa shape index (κ1) is 17.0. The minimum absolute atomic E-state index is 0.159. The van der Waals surface area contributed by atoms with Crippen LogP contribution < -0.4 is 16.4 Å². The van der Waals surface area contributed by atoms with Crippen molar-refractivity contribution in [2.45, 2.75) is 39.7 Å². The van der Waals surface area contributed by atoms with E-state index in [-0.39, 0.29) is 11.9 Å². The van der Waals surface area contributed by atoms with Gasteiger partial charge in [0.15, 0.2) is 0 Å². The molecule has 21 heavy (non-hydrogen) atoms. The number of nitrogens with zero attached hydrogens (tertiary/aromatic N) is 2. The lowest BCUT2D eigenvalue weighted by atomic mass is 10.0. The maximum Gasteiger partial charge on any atom is 0.328 e. The number of ether oxygens (including phenoxy) is 1. The number of carbonyl (C=O) groups is 1. The quantitative estimate of drug-likeness (QED) is 0.629. The van der Waals surface area contributed by atoms with E-state index in [4.69, 9.17) is 10.5 Å². The highest BCUT2D eigenvalue weighted by molar-refractivity contribution is 5.79. The van der Waals surface area contributed by atoms with Gasteiger partial charge in [-0.05, 0) is 18.8 Å². The summed E-state index contributed by atoms with van der Waals surface area (Å²) in [7, 11) is 1.37. The highest BCUT2D eigenvalue weighted by Gasteiger charge is 2.21. The summed E-state index contributed by atoms with van der Waals surface area (Å²) in [5.74, 6) is 1.34. The van der Waals surface area contributed by atoms with E-state index in [2.05, 4.69) is 27.5 Å². The average molecular weight is 295 g/mol. The molecular formula is C14H25N5O2. The Kier molecular flexibility index (Phi) is 6.71. The van der Waals surface area contributed by atoms with Crippen LogP contribution in [0.1, 0.15) is 33.6 Å². The van der Waals surface area contributed by atoms with Crippen molar-refractivity contribution in [2.24, 2.45) is 5.92 Å². The number of nitrogens with two attached hydrogens (primary N) is 1. The van der Waals surface area contributed by atoms with Crippen molar-refractivity contribution in [3.05, 3.63) is 6.07 Å². The van der Waals surface area contributed by atoms with Gasteiger partial charge in [0.05, 0.1) is 7.11 Å². The summed E-state index contributed by atoms with van der Waals surface area (Å²) in [6.07, 6.45) is 1.62. The molecular weight excluding hydrogens is 270 g/mol. The third-order valence-corrected chi connectivity index (χ3v) is 2.81. The second-order valence-corrected chi connectivity index (χ2v) is 5.27. The Balaban J connectivity index is 2.86. The summed E-state index contributed by atoms with van der Waals surface area (Å²) >= 11 is 0. The van der Waals surface area contributed by atoms with E-state index in [0.29, 0.717) is 24.0 Å². The van der Waals surface area contributed by atoms with Crippen LogP contribution in [0.15, 0.2) is 6.07 Å². The number of hydrogen-bond donors (Lipinski definition) is 3. The zero-order valence-corrected chi connectivity index (χ0v) is 13.1. The van der Waals surface area contributed by atoms with Gasteiger partial charge in [0.1, 0.15) is 17.7 Å². The third-order valence-electron chi connectivity index (χ3n) is 2.81. The molecule has 0 spiro atoms. The van der Waals surface area contributed by atoms with Crippen molar-refractivity contribution in [3.8, 4) is 0 Å². The first-order valence-corrected chi connectivity index (χ1v) is 7.19. The zero-order chi connectivity index (χ0) is 15.8. The minimum atomic E-state index is -0.455. The fraction of sp³-hybridized carbons (Fsp3) is 0.643. The molecule has 0 saturated heterocycles. The van der Waals surface area contributed by atoms with Crippen LogP contribution in [0.4, 0.5) is 17.6 Å². The van der Waals surface area contributed by atoms with Crippen molar-refractivity contribution in [1.29, 1.82) is 0 Å². The Morgan fingerprint density at radius 2 is 2.05 bits per heavy atom. The van der Waals surface area contributed by atoms with E-state index in [9.17, 15) is 4.79 Å². The number of hydrogen-bond acceptors (Lipinski definition) is 7. The smallest absolute Gasteiger partial charge is 0.328 e. The van der Waals surface area contributed by atoms with Crippen LogP contribution in [0, 0.1) is 5.92 Å². The molecule has 1 aromatic rings. The predicted molar refractivity (Wildman–Crippen MR) is 84.1 cm³/mol. The number of methoxy groups -OCH3 is 1. The van der Waals surface area contributed by atoms with Gasteiger partial charge in [-0.25, -0.2) is 4.79 Å². The van der Waals surface area contributed by atoms with Gasteiger partial charge in [-0.1, -0.05) is 20.8 Å². The van der Waals surface area contributed by atoms with Crippen LogP contribution in [0.5, 0.6) is 0 Å². The van der Waals surface area contributed by atoms with Gasteiger partial charge in [0, 0.05) is 12.6 Å². The second kappa shape index (κ2) is 8.28. The Morgan fingerprint density at radius 1 is 1.38 bits per heavy atom. The fourth-order valence-electron chi connectivity index (χ4n) is 1.89. The van der Waals surface area contributed by atoms with Gasteiger partial charge >= 0.3 is 5.97 Å². The number of aromatic nitrogens is 2. The van der Waals surface area contributed by atoms with Gasteiger partial charge in [-0.15, -0.1) is 0 Å². The number of carbonyl (C=O) groups excluding carboxylic acids is 1. The van der Waals surface area contributed by atoms with Crippen LogP contribution >= 0.6 is 0 Å². The molecule has 0 aliphatic rings. The molecule has 7 heteroatoms. The lowest BCUT2D eigenvalue weighted by molar-refractivity contribution is -0.141. The lowest BCUT2D eigenvalue weighted by Gasteiger charge is -2.19. The summed E-state index contributed by atoms with van der Waals surface area (Å²) in [5, 5.41) is 6.22. The summed E-state index contributed by atoms with van der Waals surface area (Å²) < 4.78 is 4.82. The minimum Gasteiger partial charge on any atom is -0.467 e. The molecule has 1 aromatic heterocycles. The number of nitrogens with one attached hydrogen (secondary N) is 2. The predicted octanol–water partition coefficient (Wildman–Crippen LogP) is 1.88. The number of rotatable bonds is 8. The molecule has 1 unspecified atom stereocenters. The zero-order valence-electron chi connectivity index (χ0n) is 13.1. The molecule has 0 aromatic carbocycles. The first-order chi connectivity index (χ1) is 9.96. The van der Waals surface area contributed by atoms with Crippen LogP contribution in [0.2, 0.25) is 0 Å². The SMILES string of the molecule is CCCNc1cc(NC(CC(C)C)C(=O)OC)nc(N)n1. The Labute approximate surface area is 125 Å². The van der Waals surface area contributed by atoms with E-state index in [1.165, 1.54) is 7.11 Å². The highest BCUT2D eigenvalue weighted by atomic mass is 16.5. The van der Waals surface area contributed by atoms with Crippen LogP contribution in [0.3, 0.4) is 0 Å². The van der Waals surface area contributed by atoms with Gasteiger partial charge in [-0.2, -0.15) is 9.97 Å². The molecule has 4 N–H and O–H groups in total. The van der Waals surface area contributed by atoms with Gasteiger partial charge < -0.3 is 21.1 Å². The maximum atomic E-state index is 11.8. The monoisotopic (exact) mass is 295 g/mol. The van der Waals surface area contributed by atoms with Crippen LogP contribution in [-0.2, 0) is 9.53 Å². The Bertz CT molecular complexity index is 465. The van der Waals surface area contributed by atoms with Gasteiger partial charge in [0.25, 0.3) is 0 Å². The summed E-state index contributed by atoms with van der Waals surface area (Å²) in [4.78, 5) is 20.0. The maximum absolute atomic E-state index is 11.8. The van der Waals surface area contributed by atoms with Crippen molar-refractivity contribution >= 4 is 23.6 Å². The molecule has 0 saturated carbocycles. The van der Waals surface area contributed by atoms with Crippen LogP contribution in [0.25, 0.3) is 0 Å². The third kappa shape index (κ3) is 5.85. The molecule has 0 bridgehead atoms. The molecule has 1 atom stereocenters. The fourth-order valence-corrected chi connectivity index (χ4v) is 1.89. The molecule has 1 heterocycles. The highest BCUT2D eigenvalue weighted by Crippen LogP contribution is 2.16. The Morgan fingerprint density at radius 3 is 2.62 bits per heavy atom. The molecule has 0 fully saturated rings. The average Bonchev–Trinajstić information content (AvgIpc) is 2.42. The summed E-state index contributed by atoms with van der Waals surface area (Å²) in [6.45, 7) is 6.94. The molecule has 0 aliphatic carbocycles.